The van der Waals surface area contributed by atoms with E-state index in [2.05, 4.69) is 41.1 Å². The fourth-order valence-electron chi connectivity index (χ4n) is 3.05. The zero-order chi connectivity index (χ0) is 16.2. The molecule has 1 aromatic carbocycles. The van der Waals surface area contributed by atoms with E-state index in [1.807, 2.05) is 18.3 Å². The first-order valence-electron chi connectivity index (χ1n) is 7.81. The molecule has 2 heterocycles. The van der Waals surface area contributed by atoms with Gasteiger partial charge in [0.25, 0.3) is 0 Å². The van der Waals surface area contributed by atoms with Gasteiger partial charge in [0.05, 0.1) is 5.69 Å². The molecule has 0 aliphatic carbocycles. The SMILES string of the molecule is CC1c2cc(COC(N)=O)ncc2CCN1Cc1ccccc1. The number of carbonyl (C=O) groups is 1. The second-order valence-electron chi connectivity index (χ2n) is 5.86. The summed E-state index contributed by atoms with van der Waals surface area (Å²) >= 11 is 0. The van der Waals surface area contributed by atoms with Crippen molar-refractivity contribution in [2.45, 2.75) is 32.5 Å². The van der Waals surface area contributed by atoms with Crippen LogP contribution in [0.1, 0.15) is 35.3 Å². The summed E-state index contributed by atoms with van der Waals surface area (Å²) in [4.78, 5) is 17.6. The number of nitrogens with two attached hydrogens (primary N) is 1. The molecular weight excluding hydrogens is 290 g/mol. The highest BCUT2D eigenvalue weighted by molar-refractivity contribution is 5.64. The number of ether oxygens (including phenoxy) is 1. The molecule has 1 atom stereocenters. The molecule has 2 N–H and O–H groups in total. The third-order valence-electron chi connectivity index (χ3n) is 4.34. The lowest BCUT2D eigenvalue weighted by molar-refractivity contribution is 0.148. The average molecular weight is 311 g/mol. The van der Waals surface area contributed by atoms with Crippen LogP contribution in [0.25, 0.3) is 0 Å². The number of amides is 1. The van der Waals surface area contributed by atoms with E-state index in [0.717, 1.165) is 25.2 Å². The molecule has 0 bridgehead atoms. The molecule has 1 aromatic heterocycles. The van der Waals surface area contributed by atoms with Crippen molar-refractivity contribution in [1.29, 1.82) is 0 Å². The Bertz CT molecular complexity index is 688. The number of aromatic nitrogens is 1. The standard InChI is InChI=1S/C18H21N3O2/c1-13-17-9-16(12-23-18(19)22)20-10-15(17)7-8-21(13)11-14-5-3-2-4-6-14/h2-6,9-10,13H,7-8,11-12H2,1H3,(H2,19,22). The molecule has 0 radical (unpaired) electrons. The minimum Gasteiger partial charge on any atom is -0.443 e. The van der Waals surface area contributed by atoms with Crippen molar-refractivity contribution in [2.75, 3.05) is 6.54 Å². The summed E-state index contributed by atoms with van der Waals surface area (Å²) < 4.78 is 4.84. The van der Waals surface area contributed by atoms with Gasteiger partial charge in [-0.15, -0.1) is 0 Å². The number of benzene rings is 1. The molecule has 5 nitrogen and oxygen atoms in total. The van der Waals surface area contributed by atoms with Gasteiger partial charge < -0.3 is 10.5 Å². The monoisotopic (exact) mass is 311 g/mol. The molecule has 0 saturated heterocycles. The Morgan fingerprint density at radius 2 is 2.17 bits per heavy atom. The highest BCUT2D eigenvalue weighted by Crippen LogP contribution is 2.30. The maximum Gasteiger partial charge on any atom is 0.404 e. The van der Waals surface area contributed by atoms with Gasteiger partial charge in [-0.05, 0) is 36.1 Å². The summed E-state index contributed by atoms with van der Waals surface area (Å²) in [6, 6.07) is 12.8. The van der Waals surface area contributed by atoms with Crippen LogP contribution in [-0.2, 0) is 24.3 Å². The van der Waals surface area contributed by atoms with E-state index < -0.39 is 6.09 Å². The Morgan fingerprint density at radius 3 is 2.91 bits per heavy atom. The summed E-state index contributed by atoms with van der Waals surface area (Å²) in [5, 5.41) is 0. The number of primary amides is 1. The topological polar surface area (TPSA) is 68.5 Å². The Labute approximate surface area is 136 Å². The number of pyridine rings is 1. The second-order valence-corrected chi connectivity index (χ2v) is 5.86. The molecule has 120 valence electrons. The first-order chi connectivity index (χ1) is 11.1. The molecule has 1 aliphatic rings. The number of rotatable bonds is 4. The number of carbonyl (C=O) groups excluding carboxylic acids is 1. The van der Waals surface area contributed by atoms with E-state index >= 15 is 0 Å². The molecule has 1 aliphatic heterocycles. The van der Waals surface area contributed by atoms with Crippen LogP contribution in [-0.4, -0.2) is 22.5 Å². The molecule has 0 fully saturated rings. The van der Waals surface area contributed by atoms with Crippen molar-refractivity contribution in [3.8, 4) is 0 Å². The lowest BCUT2D eigenvalue weighted by atomic mass is 9.94. The van der Waals surface area contributed by atoms with Crippen LogP contribution in [0.2, 0.25) is 0 Å². The number of nitrogens with zero attached hydrogens (tertiary/aromatic N) is 2. The largest absolute Gasteiger partial charge is 0.443 e. The zero-order valence-corrected chi connectivity index (χ0v) is 13.2. The molecule has 0 spiro atoms. The average Bonchev–Trinajstić information content (AvgIpc) is 2.57. The van der Waals surface area contributed by atoms with Crippen LogP contribution >= 0.6 is 0 Å². The normalized spacial score (nSPS) is 17.5. The van der Waals surface area contributed by atoms with Crippen LogP contribution in [0.3, 0.4) is 0 Å². The third kappa shape index (κ3) is 3.68. The van der Waals surface area contributed by atoms with E-state index in [9.17, 15) is 4.79 Å². The van der Waals surface area contributed by atoms with E-state index in [1.54, 1.807) is 0 Å². The molecule has 5 heteroatoms. The van der Waals surface area contributed by atoms with Crippen molar-refractivity contribution in [2.24, 2.45) is 5.73 Å². The highest BCUT2D eigenvalue weighted by Gasteiger charge is 2.24. The van der Waals surface area contributed by atoms with Gasteiger partial charge in [-0.2, -0.15) is 0 Å². The highest BCUT2D eigenvalue weighted by atomic mass is 16.5. The first kappa shape index (κ1) is 15.5. The quantitative estimate of drug-likeness (QED) is 0.942. The summed E-state index contributed by atoms with van der Waals surface area (Å²) in [6.45, 7) is 4.27. The molecule has 23 heavy (non-hydrogen) atoms. The van der Waals surface area contributed by atoms with Crippen molar-refractivity contribution >= 4 is 6.09 Å². The molecule has 3 rings (SSSR count). The Balaban J connectivity index is 1.76. The Kier molecular flexibility index (Phi) is 4.57. The van der Waals surface area contributed by atoms with Gasteiger partial charge >= 0.3 is 6.09 Å². The van der Waals surface area contributed by atoms with Crippen LogP contribution in [0.5, 0.6) is 0 Å². The first-order valence-corrected chi connectivity index (χ1v) is 7.81. The second kappa shape index (κ2) is 6.79. The minimum atomic E-state index is -0.775. The van der Waals surface area contributed by atoms with Gasteiger partial charge in [0.1, 0.15) is 6.61 Å². The summed E-state index contributed by atoms with van der Waals surface area (Å²) in [5.74, 6) is 0. The van der Waals surface area contributed by atoms with Crippen molar-refractivity contribution < 1.29 is 9.53 Å². The van der Waals surface area contributed by atoms with E-state index in [1.165, 1.54) is 16.7 Å². The van der Waals surface area contributed by atoms with Gasteiger partial charge in [-0.3, -0.25) is 9.88 Å². The van der Waals surface area contributed by atoms with E-state index in [4.69, 9.17) is 10.5 Å². The smallest absolute Gasteiger partial charge is 0.404 e. The van der Waals surface area contributed by atoms with Gasteiger partial charge in [0.15, 0.2) is 0 Å². The van der Waals surface area contributed by atoms with E-state index in [-0.39, 0.29) is 6.61 Å². The predicted molar refractivity (Wildman–Crippen MR) is 87.6 cm³/mol. The lowest BCUT2D eigenvalue weighted by Crippen LogP contribution is -2.33. The van der Waals surface area contributed by atoms with Gasteiger partial charge in [0.2, 0.25) is 0 Å². The van der Waals surface area contributed by atoms with Crippen molar-refractivity contribution in [3.63, 3.8) is 0 Å². The van der Waals surface area contributed by atoms with Crippen LogP contribution in [0, 0.1) is 0 Å². The fourth-order valence-corrected chi connectivity index (χ4v) is 3.05. The van der Waals surface area contributed by atoms with Gasteiger partial charge in [-0.1, -0.05) is 30.3 Å². The molecular formula is C18H21N3O2. The van der Waals surface area contributed by atoms with Crippen LogP contribution in [0.15, 0.2) is 42.6 Å². The number of hydrogen-bond donors (Lipinski definition) is 1. The van der Waals surface area contributed by atoms with E-state index in [0.29, 0.717) is 6.04 Å². The van der Waals surface area contributed by atoms with Gasteiger partial charge in [0, 0.05) is 25.3 Å². The van der Waals surface area contributed by atoms with Crippen molar-refractivity contribution in [1.82, 2.24) is 9.88 Å². The maximum absolute atomic E-state index is 10.7. The fraction of sp³-hybridized carbons (Fsp3) is 0.333. The van der Waals surface area contributed by atoms with Crippen LogP contribution in [0.4, 0.5) is 4.79 Å². The molecule has 0 saturated carbocycles. The Hall–Kier alpha value is -2.40. The Morgan fingerprint density at radius 1 is 1.39 bits per heavy atom. The third-order valence-corrected chi connectivity index (χ3v) is 4.34. The number of hydrogen-bond acceptors (Lipinski definition) is 4. The van der Waals surface area contributed by atoms with Crippen molar-refractivity contribution in [3.05, 3.63) is 65.0 Å². The molecule has 2 aromatic rings. The zero-order valence-electron chi connectivity index (χ0n) is 13.2. The van der Waals surface area contributed by atoms with Gasteiger partial charge in [-0.25, -0.2) is 4.79 Å². The molecule has 1 amide bonds. The summed E-state index contributed by atoms with van der Waals surface area (Å²) in [7, 11) is 0. The summed E-state index contributed by atoms with van der Waals surface area (Å²) in [5.41, 5.74) is 9.59. The maximum atomic E-state index is 10.7. The number of fused-ring (bicyclic) bond motifs is 1. The predicted octanol–water partition coefficient (Wildman–Crippen LogP) is 2.80. The lowest BCUT2D eigenvalue weighted by Gasteiger charge is -2.35. The molecule has 1 unspecified atom stereocenters. The van der Waals surface area contributed by atoms with Crippen LogP contribution < -0.4 is 5.73 Å². The summed E-state index contributed by atoms with van der Waals surface area (Å²) in [6.07, 6.45) is 2.10. The minimum absolute atomic E-state index is 0.119.